The SMILES string of the molecule is CC(C)(C)c1cc[cH-]c1.CC1=C[CH-]C(C)(C)c2cc3c(cc21)-c1cc2c(cc1C3)C(C)(C)CC=C2C.Fc1cccc([C](=[Zr+2])c2cccc(F)c2)c1.[Cl-].[Cl-]. The Labute approximate surface area is 349 Å². The van der Waals surface area contributed by atoms with Crippen LogP contribution in [0.2, 0.25) is 0 Å². The minimum atomic E-state index is -0.270. The number of hydrogen-bond donors (Lipinski definition) is 0. The quantitative estimate of drug-likeness (QED) is 0.165. The molecule has 8 rings (SSSR count). The molecule has 0 bridgehead atoms. The van der Waals surface area contributed by atoms with Crippen molar-refractivity contribution in [3.63, 3.8) is 0 Å². The summed E-state index contributed by atoms with van der Waals surface area (Å²) < 4.78 is 27.0. The molecule has 0 aliphatic heterocycles. The van der Waals surface area contributed by atoms with Crippen molar-refractivity contribution in [1.82, 2.24) is 0 Å². The first kappa shape index (κ1) is 43.5. The van der Waals surface area contributed by atoms with Crippen molar-refractivity contribution >= 4 is 14.4 Å². The number of rotatable bonds is 2. The topological polar surface area (TPSA) is 0 Å². The van der Waals surface area contributed by atoms with Crippen LogP contribution in [0, 0.1) is 18.1 Å². The van der Waals surface area contributed by atoms with Gasteiger partial charge in [0.1, 0.15) is 0 Å². The molecule has 0 amide bonds. The largest absolute Gasteiger partial charge is 1.00 e. The fraction of sp³-hybridized carbons (Fsp3) is 0.286. The molecule has 0 radical (unpaired) electrons. The third-order valence-electron chi connectivity index (χ3n) is 10.9. The van der Waals surface area contributed by atoms with Gasteiger partial charge >= 0.3 is 108 Å². The van der Waals surface area contributed by atoms with Gasteiger partial charge in [-0.05, 0) is 70.2 Å². The van der Waals surface area contributed by atoms with E-state index >= 15 is 0 Å². The molecule has 280 valence electrons. The Morgan fingerprint density at radius 3 is 1.72 bits per heavy atom. The summed E-state index contributed by atoms with van der Waals surface area (Å²) in [6.45, 7) is 20.6. The third-order valence-corrected chi connectivity index (χ3v) is 12.3. The van der Waals surface area contributed by atoms with Crippen LogP contribution in [-0.4, -0.2) is 3.21 Å². The molecule has 0 saturated carbocycles. The van der Waals surface area contributed by atoms with E-state index in [0.29, 0.717) is 5.41 Å². The second-order valence-corrected chi connectivity index (χ2v) is 18.0. The minimum Gasteiger partial charge on any atom is -1.00 e. The molecule has 0 spiro atoms. The van der Waals surface area contributed by atoms with E-state index in [1.165, 1.54) is 85.5 Å². The van der Waals surface area contributed by atoms with Gasteiger partial charge in [0, 0.05) is 0 Å². The van der Waals surface area contributed by atoms with Gasteiger partial charge in [-0.1, -0.05) is 89.1 Å². The minimum absolute atomic E-state index is 0. The van der Waals surface area contributed by atoms with Gasteiger partial charge in [0.2, 0.25) is 0 Å². The molecule has 0 nitrogen and oxygen atoms in total. The number of halogens is 4. The number of fused-ring (bicyclic) bond motifs is 5. The molecular formula is C49H50Cl2F2Zr-2. The molecule has 0 heterocycles. The van der Waals surface area contributed by atoms with Crippen LogP contribution >= 0.6 is 0 Å². The van der Waals surface area contributed by atoms with E-state index in [2.05, 4.69) is 129 Å². The standard InChI is InChI=1S/C27H29.C13H8F2.C9H13.2ClH.Zr/c1-16-7-9-26(3,4)24-12-18-11-19-13-25-21(17(2)8-10-27(25,5)6)15-23(19)22(18)14-20(16)24;14-12-5-1-3-10(8-12)7-11-4-2-6-13(15)9-11;1-9(2,3)8-6-4-5-7-8;;;/h7-9,12-15H,10-11H2,1-6H3;1-6,8-9H;4-7H,1-3H3;2*1H;/q-1;;-1;;;+2/p-2. The van der Waals surface area contributed by atoms with Crippen molar-refractivity contribution in [2.75, 3.05) is 0 Å². The van der Waals surface area contributed by atoms with Crippen LogP contribution in [0.25, 0.3) is 22.3 Å². The van der Waals surface area contributed by atoms with E-state index in [4.69, 9.17) is 0 Å². The molecule has 5 aromatic carbocycles. The Hall–Kier alpha value is -3.23. The molecule has 0 N–H and O–H groups in total. The predicted molar refractivity (Wildman–Crippen MR) is 214 cm³/mol. The summed E-state index contributed by atoms with van der Waals surface area (Å²) in [5.74, 6) is -0.539. The van der Waals surface area contributed by atoms with Crippen molar-refractivity contribution in [2.45, 2.75) is 91.4 Å². The molecule has 0 unspecified atom stereocenters. The van der Waals surface area contributed by atoms with E-state index < -0.39 is 0 Å². The van der Waals surface area contributed by atoms with Crippen molar-refractivity contribution in [3.8, 4) is 11.1 Å². The Morgan fingerprint density at radius 1 is 0.704 bits per heavy atom. The third kappa shape index (κ3) is 9.24. The summed E-state index contributed by atoms with van der Waals surface area (Å²) in [5.41, 5.74) is 18.3. The van der Waals surface area contributed by atoms with Crippen LogP contribution in [0.1, 0.15) is 119 Å². The van der Waals surface area contributed by atoms with Gasteiger partial charge in [-0.2, -0.15) is 29.3 Å². The van der Waals surface area contributed by atoms with Crippen LogP contribution in [-0.2, 0) is 46.9 Å². The van der Waals surface area contributed by atoms with Crippen molar-refractivity contribution in [1.29, 1.82) is 0 Å². The summed E-state index contributed by atoms with van der Waals surface area (Å²) >= 11 is 1.13. The van der Waals surface area contributed by atoms with Gasteiger partial charge in [-0.3, -0.25) is 0 Å². The Bertz CT molecular complexity index is 2080. The second-order valence-electron chi connectivity index (χ2n) is 16.8. The van der Waals surface area contributed by atoms with E-state index in [1.54, 1.807) is 12.1 Å². The second kappa shape index (κ2) is 16.9. The average Bonchev–Trinajstić information content (AvgIpc) is 3.77. The van der Waals surface area contributed by atoms with Gasteiger partial charge in [0.05, 0.1) is 0 Å². The molecule has 5 aromatic rings. The maximum Gasteiger partial charge on any atom is -1.00 e. The Morgan fingerprint density at radius 2 is 1.24 bits per heavy atom. The molecule has 5 heteroatoms. The number of hydrogen-bond acceptors (Lipinski definition) is 0. The van der Waals surface area contributed by atoms with Crippen LogP contribution in [0.5, 0.6) is 0 Å². The Kier molecular flexibility index (Phi) is 13.6. The first-order valence-electron chi connectivity index (χ1n) is 18.3. The molecule has 54 heavy (non-hydrogen) atoms. The van der Waals surface area contributed by atoms with E-state index in [9.17, 15) is 8.78 Å². The zero-order chi connectivity index (χ0) is 37.6. The maximum absolute atomic E-state index is 13.0. The van der Waals surface area contributed by atoms with Crippen LogP contribution in [0.3, 0.4) is 0 Å². The molecule has 0 saturated heterocycles. The van der Waals surface area contributed by atoms with Gasteiger partial charge in [-0.25, -0.2) is 18.6 Å². The fourth-order valence-corrected chi connectivity index (χ4v) is 8.27. The monoisotopic (exact) mass is 836 g/mol. The summed E-state index contributed by atoms with van der Waals surface area (Å²) in [6.07, 6.45) is 9.28. The van der Waals surface area contributed by atoms with Crippen molar-refractivity contribution < 1.29 is 57.8 Å². The zero-order valence-corrected chi connectivity index (χ0v) is 36.9. The maximum atomic E-state index is 13.0. The zero-order valence-electron chi connectivity index (χ0n) is 32.9. The normalized spacial score (nSPS) is 15.3. The van der Waals surface area contributed by atoms with Crippen LogP contribution in [0.4, 0.5) is 8.78 Å². The molecular weight excluding hydrogens is 789 g/mol. The first-order chi connectivity index (χ1) is 24.4. The molecule has 0 aromatic heterocycles. The van der Waals surface area contributed by atoms with Crippen molar-refractivity contribution in [3.05, 3.63) is 177 Å². The van der Waals surface area contributed by atoms with Gasteiger partial charge in [0.15, 0.2) is 0 Å². The number of allylic oxidation sites excluding steroid dienone is 4. The summed E-state index contributed by atoms with van der Waals surface area (Å²) in [4.78, 5) is 0. The van der Waals surface area contributed by atoms with Crippen LogP contribution < -0.4 is 24.8 Å². The van der Waals surface area contributed by atoms with Gasteiger partial charge in [-0.15, -0.1) is 12.5 Å². The summed E-state index contributed by atoms with van der Waals surface area (Å²) in [5, 5.41) is 0. The number of benzene rings is 4. The van der Waals surface area contributed by atoms with E-state index in [-0.39, 0.29) is 47.3 Å². The average molecular weight is 839 g/mol. The van der Waals surface area contributed by atoms with Crippen molar-refractivity contribution in [2.24, 2.45) is 0 Å². The van der Waals surface area contributed by atoms with Gasteiger partial charge in [0.25, 0.3) is 0 Å². The fourth-order valence-electron chi connectivity index (χ4n) is 7.50. The van der Waals surface area contributed by atoms with Gasteiger partial charge < -0.3 is 24.8 Å². The summed E-state index contributed by atoms with van der Waals surface area (Å²) in [7, 11) is 0. The first-order valence-corrected chi connectivity index (χ1v) is 19.6. The molecule has 3 aliphatic rings. The smallest absolute Gasteiger partial charge is 1.00 e. The molecule has 3 aliphatic carbocycles. The van der Waals surface area contributed by atoms with E-state index in [1.807, 2.05) is 12.1 Å². The molecule has 0 fully saturated rings. The van der Waals surface area contributed by atoms with Crippen LogP contribution in [0.15, 0.2) is 109 Å². The Balaban J connectivity index is 0.000000205. The van der Waals surface area contributed by atoms with E-state index in [0.717, 1.165) is 51.4 Å². The summed E-state index contributed by atoms with van der Waals surface area (Å²) in [6, 6.07) is 31.2. The molecule has 0 atom stereocenters. The predicted octanol–water partition coefficient (Wildman–Crippen LogP) is 7.03.